The number of hydrogen-bond donors (Lipinski definition) is 1. The molecule has 27 heavy (non-hydrogen) atoms. The van der Waals surface area contributed by atoms with E-state index < -0.39 is 0 Å². The summed E-state index contributed by atoms with van der Waals surface area (Å²) in [5.41, 5.74) is 2.31. The lowest BCUT2D eigenvalue weighted by Gasteiger charge is -2.08. The standard InChI is InChI=1S/C18H20ClN5OS.ClH/c1-24-18(21-22-23-24)26-11-10-20-12-14-4-8-17(9-5-14)25-13-15-2-6-16(19)7-3-15;/h2-9,20H,10-13H2,1H3;1H. The van der Waals surface area contributed by atoms with Gasteiger partial charge in [0.05, 0.1) is 0 Å². The zero-order chi connectivity index (χ0) is 18.2. The fourth-order valence-electron chi connectivity index (χ4n) is 2.24. The van der Waals surface area contributed by atoms with Crippen LogP contribution in [-0.2, 0) is 20.2 Å². The van der Waals surface area contributed by atoms with Crippen molar-refractivity contribution in [3.05, 3.63) is 64.7 Å². The van der Waals surface area contributed by atoms with Gasteiger partial charge in [-0.3, -0.25) is 0 Å². The van der Waals surface area contributed by atoms with Crippen molar-refractivity contribution in [1.82, 2.24) is 25.5 Å². The van der Waals surface area contributed by atoms with E-state index in [2.05, 4.69) is 33.0 Å². The maximum absolute atomic E-state index is 5.88. The molecule has 3 rings (SSSR count). The second kappa shape index (κ2) is 11.1. The molecule has 0 spiro atoms. The Morgan fingerprint density at radius 1 is 1.07 bits per heavy atom. The van der Waals surface area contributed by atoms with Crippen molar-refractivity contribution in [2.45, 2.75) is 18.3 Å². The summed E-state index contributed by atoms with van der Waals surface area (Å²) in [6.45, 7) is 2.23. The van der Waals surface area contributed by atoms with Crippen molar-refractivity contribution >= 4 is 35.8 Å². The van der Waals surface area contributed by atoms with Crippen LogP contribution in [0.4, 0.5) is 0 Å². The predicted octanol–water partition coefficient (Wildman–Crippen LogP) is 3.75. The van der Waals surface area contributed by atoms with Gasteiger partial charge in [-0.1, -0.05) is 47.6 Å². The number of rotatable bonds is 9. The molecule has 0 aliphatic rings. The molecule has 6 nitrogen and oxygen atoms in total. The topological polar surface area (TPSA) is 64.9 Å². The molecule has 0 aliphatic heterocycles. The number of ether oxygens (including phenoxy) is 1. The predicted molar refractivity (Wildman–Crippen MR) is 111 cm³/mol. The number of nitrogens with zero attached hydrogens (tertiary/aromatic N) is 4. The molecule has 3 aromatic rings. The van der Waals surface area contributed by atoms with E-state index in [1.165, 1.54) is 5.56 Å². The van der Waals surface area contributed by atoms with Crippen LogP contribution >= 0.6 is 35.8 Å². The number of aromatic nitrogens is 4. The highest BCUT2D eigenvalue weighted by molar-refractivity contribution is 7.99. The summed E-state index contributed by atoms with van der Waals surface area (Å²) in [4.78, 5) is 0. The lowest BCUT2D eigenvalue weighted by atomic mass is 10.2. The molecule has 0 amide bonds. The van der Waals surface area contributed by atoms with E-state index >= 15 is 0 Å². The minimum absolute atomic E-state index is 0. The third kappa shape index (κ3) is 7.03. The van der Waals surface area contributed by atoms with Crippen LogP contribution in [0.2, 0.25) is 5.02 Å². The van der Waals surface area contributed by atoms with Gasteiger partial charge in [0.1, 0.15) is 12.4 Å². The number of hydrogen-bond acceptors (Lipinski definition) is 6. The quantitative estimate of drug-likeness (QED) is 0.415. The maximum Gasteiger partial charge on any atom is 0.209 e. The van der Waals surface area contributed by atoms with Crippen LogP contribution in [0.1, 0.15) is 11.1 Å². The smallest absolute Gasteiger partial charge is 0.209 e. The van der Waals surface area contributed by atoms with E-state index in [9.17, 15) is 0 Å². The summed E-state index contributed by atoms with van der Waals surface area (Å²) in [5, 5.41) is 16.3. The minimum atomic E-state index is 0. The van der Waals surface area contributed by atoms with E-state index in [0.29, 0.717) is 6.61 Å². The number of tetrazole rings is 1. The second-order valence-corrected chi connectivity index (χ2v) is 7.17. The normalized spacial score (nSPS) is 10.4. The van der Waals surface area contributed by atoms with Gasteiger partial charge in [0, 0.05) is 30.9 Å². The Morgan fingerprint density at radius 3 is 2.44 bits per heavy atom. The van der Waals surface area contributed by atoms with E-state index in [1.54, 1.807) is 16.4 Å². The summed E-state index contributed by atoms with van der Waals surface area (Å²) in [6, 6.07) is 15.8. The highest BCUT2D eigenvalue weighted by atomic mass is 35.5. The first-order valence-electron chi connectivity index (χ1n) is 8.23. The van der Waals surface area contributed by atoms with E-state index in [0.717, 1.165) is 40.3 Å². The monoisotopic (exact) mass is 425 g/mol. The van der Waals surface area contributed by atoms with Gasteiger partial charge in [-0.2, -0.15) is 0 Å². The lowest BCUT2D eigenvalue weighted by molar-refractivity contribution is 0.306. The summed E-state index contributed by atoms with van der Waals surface area (Å²) < 4.78 is 7.47. The first kappa shape index (κ1) is 21.5. The van der Waals surface area contributed by atoms with Crippen LogP contribution in [-0.4, -0.2) is 32.5 Å². The van der Waals surface area contributed by atoms with Crippen molar-refractivity contribution in [1.29, 1.82) is 0 Å². The van der Waals surface area contributed by atoms with Gasteiger partial charge in [0.15, 0.2) is 0 Å². The molecule has 0 saturated heterocycles. The average molecular weight is 426 g/mol. The highest BCUT2D eigenvalue weighted by Crippen LogP contribution is 2.16. The number of thioether (sulfide) groups is 1. The Morgan fingerprint density at radius 2 is 1.78 bits per heavy atom. The number of aryl methyl sites for hydroxylation is 1. The average Bonchev–Trinajstić information content (AvgIpc) is 3.07. The fraction of sp³-hybridized carbons (Fsp3) is 0.278. The second-order valence-electron chi connectivity index (χ2n) is 5.67. The van der Waals surface area contributed by atoms with Crippen LogP contribution in [0.5, 0.6) is 5.75 Å². The first-order valence-corrected chi connectivity index (χ1v) is 9.59. The third-order valence-electron chi connectivity index (χ3n) is 3.66. The van der Waals surface area contributed by atoms with Crippen LogP contribution in [0.3, 0.4) is 0 Å². The molecule has 0 aliphatic carbocycles. The molecule has 1 heterocycles. The molecular formula is C18H21Cl2N5OS. The van der Waals surface area contributed by atoms with Crippen LogP contribution in [0.15, 0.2) is 53.7 Å². The van der Waals surface area contributed by atoms with Gasteiger partial charge in [-0.15, -0.1) is 17.5 Å². The van der Waals surface area contributed by atoms with Gasteiger partial charge < -0.3 is 10.1 Å². The summed E-state index contributed by atoms with van der Waals surface area (Å²) in [5.74, 6) is 1.77. The molecule has 0 saturated carbocycles. The molecule has 0 unspecified atom stereocenters. The summed E-state index contributed by atoms with van der Waals surface area (Å²) >= 11 is 7.52. The van der Waals surface area contributed by atoms with Gasteiger partial charge in [-0.25, -0.2) is 4.68 Å². The van der Waals surface area contributed by atoms with Gasteiger partial charge in [0.25, 0.3) is 0 Å². The van der Waals surface area contributed by atoms with Crippen molar-refractivity contribution in [2.75, 3.05) is 12.3 Å². The molecule has 1 N–H and O–H groups in total. The lowest BCUT2D eigenvalue weighted by Crippen LogP contribution is -2.16. The third-order valence-corrected chi connectivity index (χ3v) is 4.93. The molecule has 2 aromatic carbocycles. The van der Waals surface area contributed by atoms with E-state index in [-0.39, 0.29) is 12.4 Å². The Labute approximate surface area is 174 Å². The maximum atomic E-state index is 5.88. The molecule has 144 valence electrons. The molecule has 9 heteroatoms. The van der Waals surface area contributed by atoms with Gasteiger partial charge in [0.2, 0.25) is 5.16 Å². The zero-order valence-electron chi connectivity index (χ0n) is 14.8. The molecule has 0 atom stereocenters. The fourth-order valence-corrected chi connectivity index (χ4v) is 3.11. The van der Waals surface area contributed by atoms with Crippen molar-refractivity contribution in [2.24, 2.45) is 7.05 Å². The highest BCUT2D eigenvalue weighted by Gasteiger charge is 2.02. The largest absolute Gasteiger partial charge is 0.489 e. The molecule has 0 radical (unpaired) electrons. The van der Waals surface area contributed by atoms with Crippen molar-refractivity contribution < 1.29 is 4.74 Å². The van der Waals surface area contributed by atoms with Gasteiger partial charge >= 0.3 is 0 Å². The molecule has 0 fully saturated rings. The van der Waals surface area contributed by atoms with Crippen LogP contribution < -0.4 is 10.1 Å². The first-order chi connectivity index (χ1) is 12.7. The Hall–Kier alpha value is -1.80. The van der Waals surface area contributed by atoms with Crippen molar-refractivity contribution in [3.63, 3.8) is 0 Å². The van der Waals surface area contributed by atoms with E-state index in [1.807, 2.05) is 43.4 Å². The van der Waals surface area contributed by atoms with E-state index in [4.69, 9.17) is 16.3 Å². The molecule has 0 bridgehead atoms. The molecule has 1 aromatic heterocycles. The SMILES string of the molecule is Cl.Cn1nnnc1SCCNCc1ccc(OCc2ccc(Cl)cc2)cc1. The number of nitrogens with one attached hydrogen (secondary N) is 1. The zero-order valence-corrected chi connectivity index (χ0v) is 17.2. The Balaban J connectivity index is 0.00000261. The van der Waals surface area contributed by atoms with Crippen LogP contribution in [0, 0.1) is 0 Å². The number of benzene rings is 2. The Kier molecular flexibility index (Phi) is 8.87. The summed E-state index contributed by atoms with van der Waals surface area (Å²) in [6.07, 6.45) is 0. The molecular weight excluding hydrogens is 405 g/mol. The van der Waals surface area contributed by atoms with Crippen LogP contribution in [0.25, 0.3) is 0 Å². The Bertz CT molecular complexity index is 811. The summed E-state index contributed by atoms with van der Waals surface area (Å²) in [7, 11) is 1.84. The van der Waals surface area contributed by atoms with Crippen molar-refractivity contribution in [3.8, 4) is 5.75 Å². The minimum Gasteiger partial charge on any atom is -0.489 e. The van der Waals surface area contributed by atoms with Gasteiger partial charge in [-0.05, 0) is 45.8 Å². The number of halogens is 2.